The van der Waals surface area contributed by atoms with E-state index in [1.54, 1.807) is 4.90 Å². The molecule has 1 unspecified atom stereocenters. The van der Waals surface area contributed by atoms with Crippen LogP contribution in [0.4, 0.5) is 0 Å². The van der Waals surface area contributed by atoms with E-state index in [-0.39, 0.29) is 11.3 Å². The van der Waals surface area contributed by atoms with Crippen molar-refractivity contribution in [3.05, 3.63) is 0 Å². The van der Waals surface area contributed by atoms with Crippen LogP contribution in [0, 0.1) is 11.3 Å². The first kappa shape index (κ1) is 8.35. The first-order valence-electron chi connectivity index (χ1n) is 3.53. The second-order valence-corrected chi connectivity index (χ2v) is 3.17. The summed E-state index contributed by atoms with van der Waals surface area (Å²) in [5.41, 5.74) is 0. The minimum atomic E-state index is -0.0545. The van der Waals surface area contributed by atoms with Crippen LogP contribution in [0.15, 0.2) is 0 Å². The highest BCUT2D eigenvalue weighted by Crippen LogP contribution is 2.15. The number of halogens is 1. The Morgan fingerprint density at radius 1 is 1.82 bits per heavy atom. The van der Waals surface area contributed by atoms with Gasteiger partial charge in [-0.25, -0.2) is 0 Å². The normalized spacial score (nSPS) is 23.8. The highest BCUT2D eigenvalue weighted by atomic mass is 35.5. The largest absolute Gasteiger partial charge is 0.340 e. The number of nitrogens with zero attached hydrogens (tertiary/aromatic N) is 2. The van der Waals surface area contributed by atoms with Crippen molar-refractivity contribution in [2.45, 2.75) is 18.2 Å². The van der Waals surface area contributed by atoms with E-state index in [2.05, 4.69) is 0 Å². The summed E-state index contributed by atoms with van der Waals surface area (Å²) in [5, 5.41) is 8.20. The Bertz CT molecular complexity index is 199. The molecule has 1 fully saturated rings. The van der Waals surface area contributed by atoms with E-state index in [9.17, 15) is 4.79 Å². The van der Waals surface area contributed by atoms with Gasteiger partial charge in [-0.3, -0.25) is 4.79 Å². The lowest BCUT2D eigenvalue weighted by molar-refractivity contribution is -0.127. The molecular formula is C7H9ClN2O. The fourth-order valence-corrected chi connectivity index (χ4v) is 1.42. The molecule has 0 aromatic rings. The number of hydrogen-bond acceptors (Lipinski definition) is 2. The van der Waals surface area contributed by atoms with Crippen molar-refractivity contribution in [2.24, 2.45) is 0 Å². The third kappa shape index (κ3) is 2.09. The Morgan fingerprint density at radius 3 is 3.00 bits per heavy atom. The van der Waals surface area contributed by atoms with Crippen LogP contribution < -0.4 is 0 Å². The molecule has 1 aliphatic heterocycles. The van der Waals surface area contributed by atoms with Crippen LogP contribution in [0.5, 0.6) is 0 Å². The number of carbonyl (C=O) groups excluding carboxylic acids is 1. The zero-order valence-electron chi connectivity index (χ0n) is 6.09. The van der Waals surface area contributed by atoms with Crippen LogP contribution >= 0.6 is 11.6 Å². The Balaban J connectivity index is 2.36. The monoisotopic (exact) mass is 172 g/mol. The molecule has 0 bridgehead atoms. The Hall–Kier alpha value is -0.750. The van der Waals surface area contributed by atoms with Gasteiger partial charge in [0.25, 0.3) is 0 Å². The second kappa shape index (κ2) is 3.59. The van der Waals surface area contributed by atoms with E-state index in [0.717, 1.165) is 0 Å². The summed E-state index contributed by atoms with van der Waals surface area (Å²) in [6.45, 7) is 1.13. The van der Waals surface area contributed by atoms with Crippen molar-refractivity contribution in [1.82, 2.24) is 4.90 Å². The predicted molar refractivity (Wildman–Crippen MR) is 41.1 cm³/mol. The molecule has 4 heteroatoms. The number of likely N-dealkylation sites (tertiary alicyclic amines) is 1. The number of amides is 1. The number of alkyl halides is 1. The van der Waals surface area contributed by atoms with Gasteiger partial charge in [-0.15, -0.1) is 11.6 Å². The van der Waals surface area contributed by atoms with Gasteiger partial charge in [0.1, 0.15) is 0 Å². The van der Waals surface area contributed by atoms with E-state index in [1.165, 1.54) is 0 Å². The molecule has 0 spiro atoms. The summed E-state index contributed by atoms with van der Waals surface area (Å²) in [6.07, 6.45) is 0.822. The molecule has 11 heavy (non-hydrogen) atoms. The highest BCUT2D eigenvalue weighted by Gasteiger charge is 2.26. The van der Waals surface area contributed by atoms with Crippen molar-refractivity contribution in [1.29, 1.82) is 5.26 Å². The molecule has 1 amide bonds. The maximum atomic E-state index is 11.0. The highest BCUT2D eigenvalue weighted by molar-refractivity contribution is 6.22. The summed E-state index contributed by atoms with van der Waals surface area (Å²) >= 11 is 5.74. The zero-order chi connectivity index (χ0) is 8.27. The first-order chi connectivity index (χ1) is 5.24. The fraction of sp³-hybridized carbons (Fsp3) is 0.714. The number of nitriles is 1. The molecule has 0 aromatic heterocycles. The average molecular weight is 173 g/mol. The van der Waals surface area contributed by atoms with Crippen molar-refractivity contribution in [3.8, 4) is 6.07 Å². The maximum Gasteiger partial charge on any atom is 0.224 e. The molecule has 60 valence electrons. The Morgan fingerprint density at radius 2 is 2.55 bits per heavy atom. The van der Waals surface area contributed by atoms with Gasteiger partial charge in [-0.05, 0) is 0 Å². The Kier molecular flexibility index (Phi) is 2.72. The molecule has 0 aliphatic carbocycles. The molecule has 1 rings (SSSR count). The van der Waals surface area contributed by atoms with E-state index in [0.29, 0.717) is 25.9 Å². The van der Waals surface area contributed by atoms with Crippen LogP contribution in [-0.2, 0) is 4.79 Å². The molecule has 0 aromatic carbocycles. The van der Waals surface area contributed by atoms with Crippen LogP contribution in [0.25, 0.3) is 0 Å². The van der Waals surface area contributed by atoms with E-state index >= 15 is 0 Å². The van der Waals surface area contributed by atoms with Crippen LogP contribution in [0.2, 0.25) is 0 Å². The molecule has 0 N–H and O–H groups in total. The minimum Gasteiger partial charge on any atom is -0.340 e. The van der Waals surface area contributed by atoms with Crippen LogP contribution in [0.3, 0.4) is 0 Å². The first-order valence-corrected chi connectivity index (χ1v) is 3.96. The summed E-state index contributed by atoms with van der Waals surface area (Å²) in [5.74, 6) is 0.0697. The third-order valence-corrected chi connectivity index (χ3v) is 1.95. The molecule has 1 aliphatic rings. The second-order valence-electron chi connectivity index (χ2n) is 2.55. The quantitative estimate of drug-likeness (QED) is 0.577. The third-order valence-electron chi connectivity index (χ3n) is 1.66. The van der Waals surface area contributed by atoms with Crippen molar-refractivity contribution < 1.29 is 4.79 Å². The molecule has 1 saturated heterocycles. The molecule has 1 atom stereocenters. The summed E-state index contributed by atoms with van der Waals surface area (Å²) in [4.78, 5) is 12.7. The molecule has 1 heterocycles. The topological polar surface area (TPSA) is 44.1 Å². The zero-order valence-corrected chi connectivity index (χ0v) is 6.84. The minimum absolute atomic E-state index is 0.0545. The van der Waals surface area contributed by atoms with Gasteiger partial charge in [-0.2, -0.15) is 5.26 Å². The number of hydrogen-bond donors (Lipinski definition) is 0. The average Bonchev–Trinajstić information content (AvgIpc) is 2.26. The molecular weight excluding hydrogens is 164 g/mol. The van der Waals surface area contributed by atoms with Crippen LogP contribution in [-0.4, -0.2) is 29.3 Å². The number of rotatable bonds is 2. The van der Waals surface area contributed by atoms with E-state index in [4.69, 9.17) is 16.9 Å². The van der Waals surface area contributed by atoms with Crippen molar-refractivity contribution in [2.75, 3.05) is 13.1 Å². The Labute approximate surface area is 70.5 Å². The molecule has 0 saturated carbocycles. The summed E-state index contributed by atoms with van der Waals surface area (Å²) in [6, 6.07) is 1.99. The van der Waals surface area contributed by atoms with Gasteiger partial charge in [-0.1, -0.05) is 0 Å². The van der Waals surface area contributed by atoms with E-state index < -0.39 is 0 Å². The predicted octanol–water partition coefficient (Wildman–Crippen LogP) is 0.740. The van der Waals surface area contributed by atoms with Gasteiger partial charge < -0.3 is 4.90 Å². The van der Waals surface area contributed by atoms with Gasteiger partial charge in [0.05, 0.1) is 17.9 Å². The SMILES string of the molecule is N#CCCN1CC(Cl)CC1=O. The van der Waals surface area contributed by atoms with Crippen molar-refractivity contribution >= 4 is 17.5 Å². The van der Waals surface area contributed by atoms with Crippen LogP contribution in [0.1, 0.15) is 12.8 Å². The van der Waals surface area contributed by atoms with Gasteiger partial charge in [0.15, 0.2) is 0 Å². The lowest BCUT2D eigenvalue weighted by Gasteiger charge is -2.12. The fourth-order valence-electron chi connectivity index (χ4n) is 1.13. The lowest BCUT2D eigenvalue weighted by atomic mass is 10.4. The number of carbonyl (C=O) groups is 1. The lowest BCUT2D eigenvalue weighted by Crippen LogP contribution is -2.26. The standard InChI is InChI=1S/C7H9ClN2O/c8-6-4-7(11)10(5-6)3-1-2-9/h6H,1,3-5H2. The maximum absolute atomic E-state index is 11.0. The van der Waals surface area contributed by atoms with Crippen molar-refractivity contribution in [3.63, 3.8) is 0 Å². The summed E-state index contributed by atoms with van der Waals surface area (Å²) in [7, 11) is 0. The van der Waals surface area contributed by atoms with Gasteiger partial charge in [0, 0.05) is 19.5 Å². The summed E-state index contributed by atoms with van der Waals surface area (Å²) < 4.78 is 0. The molecule has 3 nitrogen and oxygen atoms in total. The van der Waals surface area contributed by atoms with E-state index in [1.807, 2.05) is 6.07 Å². The van der Waals surface area contributed by atoms with Gasteiger partial charge >= 0.3 is 0 Å². The molecule has 0 radical (unpaired) electrons. The smallest absolute Gasteiger partial charge is 0.224 e. The van der Waals surface area contributed by atoms with Gasteiger partial charge in [0.2, 0.25) is 5.91 Å².